The van der Waals surface area contributed by atoms with E-state index < -0.39 is 39.4 Å². The van der Waals surface area contributed by atoms with E-state index >= 15 is 0 Å². The van der Waals surface area contributed by atoms with Crippen LogP contribution in [0.4, 0.5) is 0 Å². The first-order valence-corrected chi connectivity index (χ1v) is 31.0. The zero-order valence-corrected chi connectivity index (χ0v) is 49.7. The number of carbonyl (C=O) groups excluding carboxylic acids is 3. The molecule has 0 aromatic carbocycles. The van der Waals surface area contributed by atoms with Crippen molar-refractivity contribution in [2.75, 3.05) is 74.2 Å². The normalized spacial score (nSPS) is 12.5. The molecule has 378 valence electrons. The highest BCUT2D eigenvalue weighted by atomic mass is 79.9. The number of halogens is 3. The minimum Gasteiger partial charge on any atom is -0.465 e. The molecule has 0 bridgehead atoms. The number of ether oxygens (including phenoxy) is 2. The van der Waals surface area contributed by atoms with E-state index in [4.69, 9.17) is 49.3 Å². The smallest absolute Gasteiger partial charge is 0.465 e. The zero-order chi connectivity index (χ0) is 49.1. The highest BCUT2D eigenvalue weighted by molar-refractivity contribution is 9.10. The number of hydrogen-bond acceptors (Lipinski definition) is 14. The van der Waals surface area contributed by atoms with Gasteiger partial charge in [0.15, 0.2) is 0 Å². The van der Waals surface area contributed by atoms with Gasteiger partial charge < -0.3 is 49.3 Å². The predicted octanol–water partition coefficient (Wildman–Crippen LogP) is 11.4. The summed E-state index contributed by atoms with van der Waals surface area (Å²) in [7, 11) is -2.58. The van der Waals surface area contributed by atoms with Gasteiger partial charge in [-0.2, -0.15) is 0 Å². The predicted molar refractivity (Wildman–Crippen MR) is 269 cm³/mol. The summed E-state index contributed by atoms with van der Waals surface area (Å²) in [6.45, 7) is 27.3. The van der Waals surface area contributed by atoms with E-state index in [9.17, 15) is 14.4 Å². The molecule has 0 heterocycles. The lowest BCUT2D eigenvalue weighted by Crippen LogP contribution is -2.45. The van der Waals surface area contributed by atoms with Gasteiger partial charge >= 0.3 is 38.4 Å². The fourth-order valence-corrected chi connectivity index (χ4v) is 13.3. The molecule has 0 atom stereocenters. The summed E-state index contributed by atoms with van der Waals surface area (Å²) in [6.07, 6.45) is 10.2. The molecule has 0 N–H and O–H groups in total. The summed E-state index contributed by atoms with van der Waals surface area (Å²) < 4.78 is 59.6. The van der Waals surface area contributed by atoms with Gasteiger partial charge in [-0.05, 0) is 122 Å². The average molecular weight is 1150 g/mol. The van der Waals surface area contributed by atoms with Crippen LogP contribution in [0.2, 0.25) is 18.1 Å². The molecule has 0 radical (unpaired) electrons. The number of hydrogen-bond donors (Lipinski definition) is 0. The second kappa shape index (κ2) is 38.2. The van der Waals surface area contributed by atoms with E-state index in [1.807, 2.05) is 55.4 Å². The van der Waals surface area contributed by atoms with Crippen molar-refractivity contribution in [1.29, 1.82) is 0 Å². The van der Waals surface area contributed by atoms with Crippen molar-refractivity contribution >= 4 is 91.9 Å². The Bertz CT molecular complexity index is 1110. The first-order chi connectivity index (χ1) is 29.4. The molecule has 0 aromatic heterocycles. The molecule has 0 aliphatic heterocycles. The van der Waals surface area contributed by atoms with E-state index in [0.29, 0.717) is 59.3 Å². The van der Waals surface area contributed by atoms with Crippen LogP contribution in [-0.2, 0) is 63.7 Å². The fraction of sp³-hybridized carbons (Fsp3) is 0.930. The molecule has 63 heavy (non-hydrogen) atoms. The molecule has 20 heteroatoms. The number of esters is 2. The zero-order valence-electron chi connectivity index (χ0n) is 41.9. The Morgan fingerprint density at radius 2 is 0.667 bits per heavy atom. The van der Waals surface area contributed by atoms with Crippen LogP contribution in [0.15, 0.2) is 0 Å². The molecule has 0 rings (SSSR count). The van der Waals surface area contributed by atoms with Crippen LogP contribution in [0, 0.1) is 0 Å². The van der Waals surface area contributed by atoms with Gasteiger partial charge in [-0.25, -0.2) is 0 Å². The molecule has 0 fully saturated rings. The van der Waals surface area contributed by atoms with Gasteiger partial charge in [0.2, 0.25) is 0 Å². The molecule has 14 nitrogen and oxygen atoms in total. The van der Waals surface area contributed by atoms with Gasteiger partial charge in [-0.15, -0.1) is 0 Å². The van der Waals surface area contributed by atoms with Crippen molar-refractivity contribution in [2.45, 2.75) is 185 Å². The van der Waals surface area contributed by atoms with Crippen LogP contribution in [0.5, 0.6) is 0 Å². The van der Waals surface area contributed by atoms with Crippen LogP contribution in [0.1, 0.15) is 154 Å². The Labute approximate surface area is 412 Å². The number of Topliss-reactive ketones (excluding diaryl/α,β-unsaturated/α-hetero) is 1. The third-order valence-corrected chi connectivity index (χ3v) is 19.3. The summed E-state index contributed by atoms with van der Waals surface area (Å²) >= 11 is 9.96. The molecule has 0 aliphatic carbocycles. The van der Waals surface area contributed by atoms with E-state index in [0.717, 1.165) is 82.3 Å². The van der Waals surface area contributed by atoms with Crippen molar-refractivity contribution in [2.24, 2.45) is 0 Å². The largest absolute Gasteiger partial charge is 0.500 e. The monoisotopic (exact) mass is 1150 g/mol. The highest BCUT2D eigenvalue weighted by Crippen LogP contribution is 2.25. The van der Waals surface area contributed by atoms with Crippen LogP contribution in [0.3, 0.4) is 0 Å². The Morgan fingerprint density at radius 1 is 0.397 bits per heavy atom. The van der Waals surface area contributed by atoms with E-state index in [1.165, 1.54) is 0 Å². The standard InChI is InChI=1S/C16H33BrO5Si.C14H29BrO4Si.C13H27BrO5Si/c1-6-20-23(21-7-2,22-8-3)14-12-10-9-11-13-19-15(18)16(4,5)17;1-6-17-20(18-7-2,19-8-3)12-10-9-11-13(16)14(4,5)15;1-13(2,14)12(15)19-10-8-6-7-9-11-20(16-3,17-4)18-5/h6-14H2,1-5H3;6-12H2,1-5H3;6-11H2,1-5H3. The van der Waals surface area contributed by atoms with Crippen molar-refractivity contribution in [3.8, 4) is 0 Å². The van der Waals surface area contributed by atoms with Crippen LogP contribution < -0.4 is 0 Å². The number of alkyl halides is 3. The average Bonchev–Trinajstić information content (AvgIpc) is 3.20. The summed E-state index contributed by atoms with van der Waals surface area (Å²) in [4.78, 5) is 34.9. The van der Waals surface area contributed by atoms with Gasteiger partial charge in [0.1, 0.15) is 14.4 Å². The minimum atomic E-state index is -2.54. The Morgan fingerprint density at radius 3 is 0.921 bits per heavy atom. The lowest BCUT2D eigenvalue weighted by Gasteiger charge is -2.28. The van der Waals surface area contributed by atoms with E-state index in [-0.39, 0.29) is 17.7 Å². The second-order valence-electron chi connectivity index (χ2n) is 15.9. The molecular formula is C43H89Br3O14Si3. The number of unbranched alkanes of at least 4 members (excludes halogenated alkanes) is 7. The molecule has 0 saturated carbocycles. The third-order valence-electron chi connectivity index (χ3n) is 9.11. The molecule has 0 unspecified atom stereocenters. The van der Waals surface area contributed by atoms with E-state index in [1.54, 1.807) is 49.0 Å². The lowest BCUT2D eigenvalue weighted by atomic mass is 10.0. The number of rotatable bonds is 37. The molecule has 0 saturated heterocycles. The van der Waals surface area contributed by atoms with Gasteiger partial charge in [0.05, 0.1) is 17.5 Å². The lowest BCUT2D eigenvalue weighted by molar-refractivity contribution is -0.146. The summed E-state index contributed by atoms with van der Waals surface area (Å²) in [6, 6.07) is 2.43. The van der Waals surface area contributed by atoms with Gasteiger partial charge in [-0.3, -0.25) is 14.4 Å². The number of ketones is 1. The van der Waals surface area contributed by atoms with Crippen molar-refractivity contribution in [1.82, 2.24) is 0 Å². The van der Waals surface area contributed by atoms with Crippen LogP contribution in [-0.4, -0.2) is 131 Å². The highest BCUT2D eigenvalue weighted by Gasteiger charge is 2.41. The van der Waals surface area contributed by atoms with Crippen molar-refractivity contribution in [3.05, 3.63) is 0 Å². The maximum atomic E-state index is 11.8. The minimum absolute atomic E-state index is 0.215. The topological polar surface area (TPSA) is 153 Å². The van der Waals surface area contributed by atoms with Crippen molar-refractivity contribution in [3.63, 3.8) is 0 Å². The summed E-state index contributed by atoms with van der Waals surface area (Å²) in [5.41, 5.74) is 0. The molecule has 0 spiro atoms. The third kappa shape index (κ3) is 34.3. The molecular weight excluding hydrogens is 1060 g/mol. The van der Waals surface area contributed by atoms with Crippen molar-refractivity contribution < 1.29 is 63.7 Å². The van der Waals surface area contributed by atoms with E-state index in [2.05, 4.69) is 47.8 Å². The van der Waals surface area contributed by atoms with Crippen LogP contribution in [0.25, 0.3) is 0 Å². The SMILES string of the molecule is CCO[Si](CCCCC(=O)C(C)(C)Br)(OCC)OCC.CCO[Si](CCCCCCOC(=O)C(C)(C)Br)(OCC)OCC.CO[Si](CCCCCCOC(=O)C(C)(C)Br)(OC)OC. The quantitative estimate of drug-likeness (QED) is 0.0251. The maximum absolute atomic E-state index is 11.8. The molecule has 0 aromatic rings. The first-order valence-electron chi connectivity index (χ1n) is 22.9. The summed E-state index contributed by atoms with van der Waals surface area (Å²) in [5.74, 6) is -0.205. The maximum Gasteiger partial charge on any atom is 0.500 e. The first kappa shape index (κ1) is 67.6. The Hall–Kier alpha value is 0.341. The van der Waals surface area contributed by atoms with Gasteiger partial charge in [0.25, 0.3) is 0 Å². The van der Waals surface area contributed by atoms with Gasteiger partial charge in [0, 0.05) is 85.5 Å². The Kier molecular flexibility index (Phi) is 41.0. The number of carbonyl (C=O) groups is 3. The summed E-state index contributed by atoms with van der Waals surface area (Å²) in [5, 5.41) is 0. The molecule has 0 amide bonds. The second-order valence-corrected chi connectivity index (χ2v) is 30.4. The molecule has 0 aliphatic rings. The van der Waals surface area contributed by atoms with Gasteiger partial charge in [-0.1, -0.05) is 73.5 Å². The van der Waals surface area contributed by atoms with Crippen LogP contribution >= 0.6 is 47.8 Å². The Balaban J connectivity index is -0.000000860. The fourth-order valence-electron chi connectivity index (χ4n) is 5.75.